The van der Waals surface area contributed by atoms with Crippen molar-refractivity contribution in [1.29, 1.82) is 0 Å². The van der Waals surface area contributed by atoms with Crippen LogP contribution in [0.25, 0.3) is 0 Å². The maximum absolute atomic E-state index is 12.2. The van der Waals surface area contributed by atoms with Crippen molar-refractivity contribution >= 4 is 34.6 Å². The van der Waals surface area contributed by atoms with E-state index in [4.69, 9.17) is 21.1 Å². The first-order chi connectivity index (χ1) is 14.9. The number of halogens is 1. The number of aliphatic carboxylic acids is 1. The quantitative estimate of drug-likeness (QED) is 0.475. The number of fused-ring (bicyclic) bond motifs is 1. The lowest BCUT2D eigenvalue weighted by Crippen LogP contribution is -2.47. The third kappa shape index (κ3) is 4.65. The van der Waals surface area contributed by atoms with E-state index < -0.39 is 11.5 Å². The molecule has 0 saturated heterocycles. The summed E-state index contributed by atoms with van der Waals surface area (Å²) in [6, 6.07) is 15.6. The predicted molar refractivity (Wildman–Crippen MR) is 124 cm³/mol. The molecule has 0 fully saturated rings. The summed E-state index contributed by atoms with van der Waals surface area (Å²) in [7, 11) is 1.59. The maximum Gasteiger partial charge on any atom is 0.330 e. The Morgan fingerprint density at radius 3 is 2.74 bits per heavy atom. The molecule has 1 aromatic heterocycles. The average molecular weight is 458 g/mol. The van der Waals surface area contributed by atoms with E-state index in [1.165, 1.54) is 22.5 Å². The van der Waals surface area contributed by atoms with Gasteiger partial charge in [-0.15, -0.1) is 11.3 Å². The van der Waals surface area contributed by atoms with Crippen molar-refractivity contribution in [2.75, 3.05) is 19.0 Å². The lowest BCUT2D eigenvalue weighted by Gasteiger charge is -2.27. The molecule has 2 aromatic carbocycles. The fourth-order valence-corrected chi connectivity index (χ4v) is 5.40. The van der Waals surface area contributed by atoms with Gasteiger partial charge in [0.25, 0.3) is 0 Å². The third-order valence-electron chi connectivity index (χ3n) is 5.51. The molecule has 3 aromatic rings. The number of nitrogens with one attached hydrogen (secondary N) is 1. The molecule has 1 aliphatic rings. The summed E-state index contributed by atoms with van der Waals surface area (Å²) in [4.78, 5) is 13.2. The van der Waals surface area contributed by atoms with Gasteiger partial charge in [0.05, 0.1) is 18.1 Å². The molecule has 1 atom stereocenters. The minimum Gasteiger partial charge on any atom is -0.493 e. The minimum absolute atomic E-state index is 0.385. The van der Waals surface area contributed by atoms with Gasteiger partial charge in [-0.1, -0.05) is 41.4 Å². The number of anilines is 1. The Morgan fingerprint density at radius 1 is 1.19 bits per heavy atom. The molecule has 0 spiro atoms. The minimum atomic E-state index is -1.10. The number of ether oxygens (including phenoxy) is 2. The maximum atomic E-state index is 12.2. The largest absolute Gasteiger partial charge is 0.493 e. The topological polar surface area (TPSA) is 67.8 Å². The summed E-state index contributed by atoms with van der Waals surface area (Å²) < 4.78 is 12.1. The number of carbonyl (C=O) groups is 1. The number of methoxy groups -OCH3 is 1. The standard InChI is InChI=1S/C24H24ClNO4S/c1-15-4-3-5-16(10-15)8-9-30-20-12-18(6-7-19(20)29-2)26-24(23(27)28)13-17-11-22(25)31-21(17)14-24/h3-7,10-12,26H,8-9,13-14H2,1-2H3,(H,27,28). The number of thiophene rings is 1. The zero-order chi connectivity index (χ0) is 22.0. The highest BCUT2D eigenvalue weighted by molar-refractivity contribution is 7.16. The van der Waals surface area contributed by atoms with E-state index in [-0.39, 0.29) is 0 Å². The molecule has 31 heavy (non-hydrogen) atoms. The zero-order valence-electron chi connectivity index (χ0n) is 17.4. The number of carboxylic acid groups (broad SMARTS) is 1. The second kappa shape index (κ2) is 8.81. The fourth-order valence-electron chi connectivity index (χ4n) is 3.97. The number of benzene rings is 2. The summed E-state index contributed by atoms with van der Waals surface area (Å²) in [5.74, 6) is 0.303. The highest BCUT2D eigenvalue weighted by Gasteiger charge is 2.45. The van der Waals surface area contributed by atoms with Gasteiger partial charge in [-0.2, -0.15) is 0 Å². The molecule has 1 aliphatic carbocycles. The van der Waals surface area contributed by atoms with Crippen LogP contribution in [0.3, 0.4) is 0 Å². The van der Waals surface area contributed by atoms with Crippen LogP contribution in [0.2, 0.25) is 4.34 Å². The van der Waals surface area contributed by atoms with Gasteiger partial charge >= 0.3 is 5.97 Å². The number of carboxylic acids is 1. The average Bonchev–Trinajstić information content (AvgIpc) is 3.23. The van der Waals surface area contributed by atoms with Crippen molar-refractivity contribution in [2.45, 2.75) is 31.7 Å². The molecule has 5 nitrogen and oxygen atoms in total. The molecule has 162 valence electrons. The lowest BCUT2D eigenvalue weighted by molar-refractivity contribution is -0.142. The van der Waals surface area contributed by atoms with Crippen molar-refractivity contribution in [3.8, 4) is 11.5 Å². The normalized spacial score (nSPS) is 17.3. The summed E-state index contributed by atoms with van der Waals surface area (Å²) in [5, 5.41) is 13.2. The monoisotopic (exact) mass is 457 g/mol. The lowest BCUT2D eigenvalue weighted by atomic mass is 9.95. The predicted octanol–water partition coefficient (Wildman–Crippen LogP) is 5.37. The van der Waals surface area contributed by atoms with E-state index in [1.54, 1.807) is 19.2 Å². The van der Waals surface area contributed by atoms with Gasteiger partial charge in [-0.05, 0) is 36.2 Å². The summed E-state index contributed by atoms with van der Waals surface area (Å²) in [6.45, 7) is 2.56. The van der Waals surface area contributed by atoms with Crippen LogP contribution in [-0.4, -0.2) is 30.3 Å². The Balaban J connectivity index is 1.49. The highest BCUT2D eigenvalue weighted by atomic mass is 35.5. The molecular weight excluding hydrogens is 434 g/mol. The number of hydrogen-bond donors (Lipinski definition) is 2. The molecule has 0 aliphatic heterocycles. The summed E-state index contributed by atoms with van der Waals surface area (Å²) in [6.07, 6.45) is 1.55. The second-order valence-corrected chi connectivity index (χ2v) is 9.59. The van der Waals surface area contributed by atoms with Gasteiger partial charge in [0.1, 0.15) is 5.54 Å². The molecular formula is C24H24ClNO4S. The van der Waals surface area contributed by atoms with Gasteiger partial charge in [-0.3, -0.25) is 0 Å². The highest BCUT2D eigenvalue weighted by Crippen LogP contribution is 2.41. The smallest absolute Gasteiger partial charge is 0.330 e. The Kier molecular flexibility index (Phi) is 6.12. The summed E-state index contributed by atoms with van der Waals surface area (Å²) >= 11 is 7.53. The first kappa shape index (κ1) is 21.5. The van der Waals surface area contributed by atoms with Crippen molar-refractivity contribution in [2.24, 2.45) is 0 Å². The van der Waals surface area contributed by atoms with Gasteiger partial charge in [0.15, 0.2) is 11.5 Å². The first-order valence-corrected chi connectivity index (χ1v) is 11.2. The molecule has 4 rings (SSSR count). The molecule has 0 amide bonds. The van der Waals surface area contributed by atoms with Crippen LogP contribution in [0.15, 0.2) is 48.5 Å². The van der Waals surface area contributed by atoms with E-state index in [1.807, 2.05) is 18.2 Å². The van der Waals surface area contributed by atoms with Gasteiger partial charge in [0, 0.05) is 35.9 Å². The fraction of sp³-hybridized carbons (Fsp3) is 0.292. The van der Waals surface area contributed by atoms with Crippen molar-refractivity contribution in [3.63, 3.8) is 0 Å². The Labute approximate surface area is 190 Å². The van der Waals surface area contributed by atoms with Crippen LogP contribution >= 0.6 is 22.9 Å². The third-order valence-corrected chi connectivity index (χ3v) is 6.81. The first-order valence-electron chi connectivity index (χ1n) is 10.0. The van der Waals surface area contributed by atoms with Crippen molar-refractivity contribution < 1.29 is 19.4 Å². The molecule has 7 heteroatoms. The van der Waals surface area contributed by atoms with E-state index in [9.17, 15) is 9.90 Å². The van der Waals surface area contributed by atoms with Crippen LogP contribution in [0.1, 0.15) is 21.6 Å². The van der Waals surface area contributed by atoms with Crippen LogP contribution in [-0.2, 0) is 24.1 Å². The Morgan fingerprint density at radius 2 is 2.03 bits per heavy atom. The van der Waals surface area contributed by atoms with Gasteiger partial charge in [-0.25, -0.2) is 4.79 Å². The Hall–Kier alpha value is -2.70. The van der Waals surface area contributed by atoms with Gasteiger partial charge in [0.2, 0.25) is 0 Å². The zero-order valence-corrected chi connectivity index (χ0v) is 19.0. The van der Waals surface area contributed by atoms with Crippen LogP contribution < -0.4 is 14.8 Å². The van der Waals surface area contributed by atoms with Crippen molar-refractivity contribution in [3.05, 3.63) is 74.4 Å². The Bertz CT molecular complexity index is 1090. The number of rotatable bonds is 8. The van der Waals surface area contributed by atoms with E-state index in [0.29, 0.717) is 41.0 Å². The van der Waals surface area contributed by atoms with Crippen LogP contribution in [0.4, 0.5) is 5.69 Å². The molecule has 1 heterocycles. The number of hydrogen-bond acceptors (Lipinski definition) is 5. The molecule has 1 unspecified atom stereocenters. The van der Waals surface area contributed by atoms with E-state index in [0.717, 1.165) is 16.9 Å². The van der Waals surface area contributed by atoms with Crippen molar-refractivity contribution in [1.82, 2.24) is 0 Å². The van der Waals surface area contributed by atoms with Gasteiger partial charge < -0.3 is 19.9 Å². The van der Waals surface area contributed by atoms with Crippen LogP contribution in [0, 0.1) is 6.92 Å². The number of aryl methyl sites for hydroxylation is 1. The van der Waals surface area contributed by atoms with E-state index in [2.05, 4.69) is 30.4 Å². The summed E-state index contributed by atoms with van der Waals surface area (Å²) in [5.41, 5.74) is 2.99. The SMILES string of the molecule is COc1ccc(NC2(C(=O)O)Cc3cc(Cl)sc3C2)cc1OCCc1cccc(C)c1. The second-order valence-electron chi connectivity index (χ2n) is 7.82. The van der Waals surface area contributed by atoms with Crippen LogP contribution in [0.5, 0.6) is 11.5 Å². The molecule has 2 N–H and O–H groups in total. The molecule has 0 radical (unpaired) electrons. The molecule has 0 bridgehead atoms. The van der Waals surface area contributed by atoms with E-state index >= 15 is 0 Å². The molecule has 0 saturated carbocycles.